The summed E-state index contributed by atoms with van der Waals surface area (Å²) in [7, 11) is 1.60. The van der Waals surface area contributed by atoms with Crippen molar-refractivity contribution in [2.75, 3.05) is 18.2 Å². The van der Waals surface area contributed by atoms with Gasteiger partial charge in [0.25, 0.3) is 0 Å². The zero-order chi connectivity index (χ0) is 14.4. The fraction of sp³-hybridized carbons (Fsp3) is 0.143. The van der Waals surface area contributed by atoms with Crippen molar-refractivity contribution in [3.05, 3.63) is 47.1 Å². The number of pyridine rings is 1. The van der Waals surface area contributed by atoms with Gasteiger partial charge >= 0.3 is 0 Å². The number of carbonyl (C=O) groups is 1. The van der Waals surface area contributed by atoms with Crippen LogP contribution in [0.4, 0.5) is 5.69 Å². The average molecular weight is 353 g/mol. The second kappa shape index (κ2) is 7.31. The number of anilines is 1. The van der Waals surface area contributed by atoms with E-state index in [1.54, 1.807) is 25.4 Å². The number of methoxy groups -OCH3 is 1. The first-order valence-electron chi connectivity index (χ1n) is 5.86. The lowest BCUT2D eigenvalue weighted by molar-refractivity contribution is -0.113. The van der Waals surface area contributed by atoms with Gasteiger partial charge in [-0.2, -0.15) is 0 Å². The van der Waals surface area contributed by atoms with Crippen LogP contribution in [0.15, 0.2) is 52.1 Å². The number of hydrogen-bond donors (Lipinski definition) is 1. The Bertz CT molecular complexity index is 593. The Morgan fingerprint density at radius 2 is 2.25 bits per heavy atom. The van der Waals surface area contributed by atoms with Crippen LogP contribution < -0.4 is 10.1 Å². The van der Waals surface area contributed by atoms with Gasteiger partial charge in [-0.1, -0.05) is 17.8 Å². The Balaban J connectivity index is 1.90. The normalized spacial score (nSPS) is 10.1. The fourth-order valence-electron chi connectivity index (χ4n) is 1.51. The lowest BCUT2D eigenvalue weighted by Gasteiger charge is -2.08. The van der Waals surface area contributed by atoms with Gasteiger partial charge in [-0.05, 0) is 46.3 Å². The molecule has 2 rings (SSSR count). The van der Waals surface area contributed by atoms with Gasteiger partial charge in [0.2, 0.25) is 5.91 Å². The number of aromatic nitrogens is 1. The minimum Gasteiger partial charge on any atom is -0.496 e. The molecule has 4 nitrogen and oxygen atoms in total. The summed E-state index contributed by atoms with van der Waals surface area (Å²) in [6.45, 7) is 0. The van der Waals surface area contributed by atoms with Crippen LogP contribution in [0.5, 0.6) is 5.75 Å². The molecule has 104 valence electrons. The van der Waals surface area contributed by atoms with Gasteiger partial charge in [0.1, 0.15) is 5.75 Å². The molecule has 1 aromatic carbocycles. The van der Waals surface area contributed by atoms with Crippen molar-refractivity contribution in [3.8, 4) is 5.75 Å². The quantitative estimate of drug-likeness (QED) is 0.835. The highest BCUT2D eigenvalue weighted by Gasteiger charge is 2.06. The van der Waals surface area contributed by atoms with Crippen molar-refractivity contribution in [3.63, 3.8) is 0 Å². The molecule has 0 saturated carbocycles. The molecule has 0 bridgehead atoms. The lowest BCUT2D eigenvalue weighted by Crippen LogP contribution is -2.14. The number of benzene rings is 1. The number of nitrogens with one attached hydrogen (secondary N) is 1. The van der Waals surface area contributed by atoms with Crippen LogP contribution in [0.25, 0.3) is 0 Å². The van der Waals surface area contributed by atoms with Gasteiger partial charge in [-0.25, -0.2) is 4.98 Å². The predicted octanol–water partition coefficient (Wildman–Crippen LogP) is 3.58. The Hall–Kier alpha value is -1.53. The van der Waals surface area contributed by atoms with Crippen LogP contribution in [0.1, 0.15) is 0 Å². The van der Waals surface area contributed by atoms with Crippen molar-refractivity contribution in [2.24, 2.45) is 0 Å². The van der Waals surface area contributed by atoms with Gasteiger partial charge in [0.05, 0.1) is 22.4 Å². The number of carbonyl (C=O) groups excluding carboxylic acids is 1. The molecule has 0 aliphatic heterocycles. The first-order chi connectivity index (χ1) is 9.69. The van der Waals surface area contributed by atoms with E-state index >= 15 is 0 Å². The molecule has 0 unspecified atom stereocenters. The average Bonchev–Trinajstić information content (AvgIpc) is 2.46. The molecule has 0 saturated heterocycles. The molecule has 0 atom stereocenters. The zero-order valence-electron chi connectivity index (χ0n) is 10.8. The van der Waals surface area contributed by atoms with E-state index in [9.17, 15) is 4.79 Å². The highest BCUT2D eigenvalue weighted by atomic mass is 79.9. The molecule has 1 amide bonds. The van der Waals surface area contributed by atoms with E-state index in [-0.39, 0.29) is 5.91 Å². The summed E-state index contributed by atoms with van der Waals surface area (Å²) in [6.07, 6.45) is 1.71. The largest absolute Gasteiger partial charge is 0.496 e. The first-order valence-corrected chi connectivity index (χ1v) is 7.64. The molecule has 0 spiro atoms. The maximum atomic E-state index is 11.8. The van der Waals surface area contributed by atoms with E-state index < -0.39 is 0 Å². The molecule has 1 aromatic heterocycles. The summed E-state index contributed by atoms with van der Waals surface area (Å²) in [5, 5.41) is 3.66. The summed E-state index contributed by atoms with van der Waals surface area (Å²) in [5.74, 6) is 0.976. The van der Waals surface area contributed by atoms with E-state index in [1.165, 1.54) is 11.8 Å². The monoisotopic (exact) mass is 352 g/mol. The predicted molar refractivity (Wildman–Crippen MR) is 84.3 cm³/mol. The van der Waals surface area contributed by atoms with Crippen molar-refractivity contribution in [1.82, 2.24) is 4.98 Å². The Labute approximate surface area is 130 Å². The van der Waals surface area contributed by atoms with E-state index in [2.05, 4.69) is 26.2 Å². The van der Waals surface area contributed by atoms with E-state index in [0.29, 0.717) is 5.75 Å². The van der Waals surface area contributed by atoms with Crippen LogP contribution in [0, 0.1) is 0 Å². The zero-order valence-corrected chi connectivity index (χ0v) is 13.2. The van der Waals surface area contributed by atoms with Gasteiger partial charge < -0.3 is 10.1 Å². The van der Waals surface area contributed by atoms with Crippen molar-refractivity contribution in [2.45, 2.75) is 5.03 Å². The summed E-state index contributed by atoms with van der Waals surface area (Å²) >= 11 is 4.78. The molecule has 0 radical (unpaired) electrons. The maximum absolute atomic E-state index is 11.8. The standard InChI is InChI=1S/C14H13BrN2O2S/c1-19-12-6-5-10(8-11(12)15)17-13(18)9-20-14-4-2-3-7-16-14/h2-8H,9H2,1H3,(H,17,18). The summed E-state index contributed by atoms with van der Waals surface area (Å²) in [5.41, 5.74) is 0.726. The van der Waals surface area contributed by atoms with E-state index in [4.69, 9.17) is 4.74 Å². The maximum Gasteiger partial charge on any atom is 0.234 e. The van der Waals surface area contributed by atoms with Crippen molar-refractivity contribution >= 4 is 39.3 Å². The van der Waals surface area contributed by atoms with Crippen LogP contribution in [-0.2, 0) is 4.79 Å². The minimum absolute atomic E-state index is 0.0716. The van der Waals surface area contributed by atoms with Crippen LogP contribution in [0.2, 0.25) is 0 Å². The molecule has 6 heteroatoms. The third-order valence-corrected chi connectivity index (χ3v) is 3.99. The van der Waals surface area contributed by atoms with Gasteiger partial charge in [0, 0.05) is 11.9 Å². The van der Waals surface area contributed by atoms with Crippen molar-refractivity contribution < 1.29 is 9.53 Å². The van der Waals surface area contributed by atoms with Gasteiger partial charge in [-0.3, -0.25) is 4.79 Å². The Morgan fingerprint density at radius 3 is 2.90 bits per heavy atom. The molecule has 0 fully saturated rings. The third-order valence-electron chi connectivity index (χ3n) is 2.42. The van der Waals surface area contributed by atoms with E-state index in [1.807, 2.05) is 24.3 Å². The topological polar surface area (TPSA) is 51.2 Å². The van der Waals surface area contributed by atoms with Gasteiger partial charge in [0.15, 0.2) is 0 Å². The SMILES string of the molecule is COc1ccc(NC(=O)CSc2ccccn2)cc1Br. The smallest absolute Gasteiger partial charge is 0.234 e. The molecular formula is C14H13BrN2O2S. The number of thioether (sulfide) groups is 1. The number of halogens is 1. The van der Waals surface area contributed by atoms with E-state index in [0.717, 1.165) is 20.9 Å². The van der Waals surface area contributed by atoms with Gasteiger partial charge in [-0.15, -0.1) is 0 Å². The first kappa shape index (κ1) is 14.9. The summed E-state index contributed by atoms with van der Waals surface area (Å²) < 4.78 is 5.94. The molecule has 2 aromatic rings. The highest BCUT2D eigenvalue weighted by Crippen LogP contribution is 2.27. The molecule has 1 heterocycles. The Morgan fingerprint density at radius 1 is 1.40 bits per heavy atom. The fourth-order valence-corrected chi connectivity index (χ4v) is 2.72. The number of amides is 1. The molecule has 0 aliphatic rings. The third kappa shape index (κ3) is 4.25. The number of nitrogens with zero attached hydrogens (tertiary/aromatic N) is 1. The van der Waals surface area contributed by atoms with Crippen molar-refractivity contribution in [1.29, 1.82) is 0 Å². The number of hydrogen-bond acceptors (Lipinski definition) is 4. The van der Waals surface area contributed by atoms with Crippen LogP contribution in [0.3, 0.4) is 0 Å². The number of rotatable bonds is 5. The lowest BCUT2D eigenvalue weighted by atomic mass is 10.3. The summed E-state index contributed by atoms with van der Waals surface area (Å²) in [6, 6.07) is 11.0. The molecule has 20 heavy (non-hydrogen) atoms. The highest BCUT2D eigenvalue weighted by molar-refractivity contribution is 9.10. The molecule has 1 N–H and O–H groups in total. The second-order valence-electron chi connectivity index (χ2n) is 3.85. The Kier molecular flexibility index (Phi) is 5.43. The molecule has 0 aliphatic carbocycles. The summed E-state index contributed by atoms with van der Waals surface area (Å²) in [4.78, 5) is 16.0. The van der Waals surface area contributed by atoms with Crippen LogP contribution >= 0.6 is 27.7 Å². The second-order valence-corrected chi connectivity index (χ2v) is 5.70. The van der Waals surface area contributed by atoms with Crippen LogP contribution in [-0.4, -0.2) is 23.8 Å². The molecular weight excluding hydrogens is 340 g/mol. The number of ether oxygens (including phenoxy) is 1. The minimum atomic E-state index is -0.0716.